The van der Waals surface area contributed by atoms with Crippen LogP contribution in [0.3, 0.4) is 0 Å². The largest absolute Gasteiger partial charge is 0.486 e. The number of aromatic nitrogens is 4. The Kier molecular flexibility index (Phi) is 4.83. The molecule has 2 aromatic heterocycles. The predicted octanol–water partition coefficient (Wildman–Crippen LogP) is 3.86. The first kappa shape index (κ1) is 19.2. The van der Waals surface area contributed by atoms with Crippen LogP contribution in [0.4, 0.5) is 10.1 Å². The zero-order valence-corrected chi connectivity index (χ0v) is 17.1. The van der Waals surface area contributed by atoms with Crippen molar-refractivity contribution in [3.05, 3.63) is 65.0 Å². The van der Waals surface area contributed by atoms with Gasteiger partial charge in [0.15, 0.2) is 17.3 Å². The molecule has 1 aliphatic rings. The number of hydrogen-bond acceptors (Lipinski definition) is 7. The molecule has 1 amide bonds. The van der Waals surface area contributed by atoms with Gasteiger partial charge < -0.3 is 14.8 Å². The number of anilines is 1. The lowest BCUT2D eigenvalue weighted by atomic mass is 10.1. The van der Waals surface area contributed by atoms with Crippen LogP contribution in [0.15, 0.2) is 48.5 Å². The van der Waals surface area contributed by atoms with Gasteiger partial charge in [0.1, 0.15) is 19.0 Å². The molecule has 0 saturated carbocycles. The van der Waals surface area contributed by atoms with E-state index in [0.717, 1.165) is 10.4 Å². The monoisotopic (exact) mass is 437 g/mol. The highest BCUT2D eigenvalue weighted by Gasteiger charge is 2.17. The van der Waals surface area contributed by atoms with Crippen LogP contribution in [-0.4, -0.2) is 39.3 Å². The number of nitrogens with zero attached hydrogens (tertiary/aromatic N) is 4. The number of tetrazole rings is 1. The Morgan fingerprint density at radius 2 is 1.94 bits per heavy atom. The molecule has 0 fully saturated rings. The number of carbonyl (C=O) groups is 1. The summed E-state index contributed by atoms with van der Waals surface area (Å²) in [5.74, 6) is 0.980. The molecule has 1 N–H and O–H groups in total. The molecule has 4 aromatic rings. The molecular weight excluding hydrogens is 421 g/mol. The molecule has 1 aliphatic heterocycles. The molecule has 8 nitrogen and oxygen atoms in total. The van der Waals surface area contributed by atoms with Gasteiger partial charge in [0, 0.05) is 4.88 Å². The zero-order chi connectivity index (χ0) is 21.4. The number of amides is 1. The quantitative estimate of drug-likeness (QED) is 0.521. The number of thiophene rings is 1. The van der Waals surface area contributed by atoms with E-state index in [0.29, 0.717) is 41.1 Å². The number of carbonyl (C=O) groups excluding carboxylic acids is 1. The van der Waals surface area contributed by atoms with Crippen molar-refractivity contribution in [1.29, 1.82) is 0 Å². The van der Waals surface area contributed by atoms with E-state index in [1.54, 1.807) is 19.1 Å². The third-order valence-corrected chi connectivity index (χ3v) is 5.86. The Labute approximate surface area is 180 Å². The fourth-order valence-electron chi connectivity index (χ4n) is 3.21. The third kappa shape index (κ3) is 3.73. The van der Waals surface area contributed by atoms with Crippen LogP contribution >= 0.6 is 11.3 Å². The number of benzene rings is 2. The number of aryl methyl sites for hydroxylation is 1. The van der Waals surface area contributed by atoms with E-state index in [4.69, 9.17) is 9.47 Å². The lowest BCUT2D eigenvalue weighted by Gasteiger charge is -2.18. The molecule has 0 radical (unpaired) electrons. The maximum Gasteiger partial charge on any atom is 0.265 e. The first-order chi connectivity index (χ1) is 15.1. The number of hydrogen-bond donors (Lipinski definition) is 1. The highest BCUT2D eigenvalue weighted by Crippen LogP contribution is 2.37. The summed E-state index contributed by atoms with van der Waals surface area (Å²) in [6, 6.07) is 13.5. The lowest BCUT2D eigenvalue weighted by Crippen LogP contribution is -2.15. The normalized spacial score (nSPS) is 12.6. The minimum atomic E-state index is -0.550. The van der Waals surface area contributed by atoms with Crippen molar-refractivity contribution in [3.63, 3.8) is 0 Å². The van der Waals surface area contributed by atoms with Gasteiger partial charge in [-0.15, -0.1) is 16.4 Å². The Bertz CT molecular complexity index is 1290. The molecule has 0 bridgehead atoms. The molecule has 31 heavy (non-hydrogen) atoms. The van der Waals surface area contributed by atoms with Crippen molar-refractivity contribution in [3.8, 4) is 27.6 Å². The summed E-state index contributed by atoms with van der Waals surface area (Å²) in [5.41, 5.74) is 1.50. The number of fused-ring (bicyclic) bond motifs is 1. The number of nitrogens with one attached hydrogen (secondary N) is 1. The van der Waals surface area contributed by atoms with E-state index >= 15 is 0 Å². The number of ether oxygens (including phenoxy) is 2. The first-order valence-electron chi connectivity index (χ1n) is 9.44. The summed E-state index contributed by atoms with van der Waals surface area (Å²) in [7, 11) is 0. The average molecular weight is 437 g/mol. The van der Waals surface area contributed by atoms with Crippen molar-refractivity contribution in [2.45, 2.75) is 6.92 Å². The molecule has 0 atom stereocenters. The highest BCUT2D eigenvalue weighted by atomic mass is 32.1. The van der Waals surface area contributed by atoms with E-state index < -0.39 is 11.7 Å². The maximum atomic E-state index is 14.3. The fourth-order valence-corrected chi connectivity index (χ4v) is 4.10. The van der Waals surface area contributed by atoms with E-state index in [2.05, 4.69) is 20.8 Å². The number of rotatable bonds is 4. The Hall–Kier alpha value is -3.79. The van der Waals surface area contributed by atoms with Crippen LogP contribution in [0.25, 0.3) is 16.1 Å². The van der Waals surface area contributed by atoms with Gasteiger partial charge in [-0.05, 0) is 71.4 Å². The average Bonchev–Trinajstić information content (AvgIpc) is 3.44. The smallest absolute Gasteiger partial charge is 0.265 e. The molecule has 0 spiro atoms. The highest BCUT2D eigenvalue weighted by molar-refractivity contribution is 7.17. The van der Waals surface area contributed by atoms with E-state index in [1.165, 1.54) is 28.2 Å². The second-order valence-corrected chi connectivity index (χ2v) is 7.86. The summed E-state index contributed by atoms with van der Waals surface area (Å²) in [5, 5.41) is 13.9. The molecule has 3 heterocycles. The minimum Gasteiger partial charge on any atom is -0.486 e. The molecule has 2 aromatic carbocycles. The topological polar surface area (TPSA) is 91.2 Å². The first-order valence-corrected chi connectivity index (χ1v) is 10.3. The van der Waals surface area contributed by atoms with Crippen molar-refractivity contribution in [1.82, 2.24) is 20.2 Å². The van der Waals surface area contributed by atoms with Crippen LogP contribution in [0.1, 0.15) is 15.5 Å². The van der Waals surface area contributed by atoms with Gasteiger partial charge in [0.05, 0.1) is 16.3 Å². The van der Waals surface area contributed by atoms with E-state index in [-0.39, 0.29) is 5.69 Å². The van der Waals surface area contributed by atoms with E-state index in [9.17, 15) is 9.18 Å². The van der Waals surface area contributed by atoms with Gasteiger partial charge in [-0.1, -0.05) is 0 Å². The van der Waals surface area contributed by atoms with Crippen molar-refractivity contribution in [2.24, 2.45) is 0 Å². The van der Waals surface area contributed by atoms with Gasteiger partial charge in [-0.2, -0.15) is 4.68 Å². The van der Waals surface area contributed by atoms with Crippen LogP contribution < -0.4 is 14.8 Å². The predicted molar refractivity (Wildman–Crippen MR) is 113 cm³/mol. The molecule has 156 valence electrons. The van der Waals surface area contributed by atoms with Gasteiger partial charge >= 0.3 is 0 Å². The summed E-state index contributed by atoms with van der Waals surface area (Å²) >= 11 is 1.31. The van der Waals surface area contributed by atoms with Gasteiger partial charge in [0.2, 0.25) is 0 Å². The standard InChI is InChI=1S/C21H16FN5O3S/c1-12-24-25-26-27(12)14-3-4-15(22)16(11-14)23-21(28)20-7-6-19(31-20)13-2-5-17-18(10-13)30-9-8-29-17/h2-7,10-11H,8-9H2,1H3,(H,23,28). The van der Waals surface area contributed by atoms with Gasteiger partial charge in [-0.25, -0.2) is 4.39 Å². The van der Waals surface area contributed by atoms with Crippen LogP contribution in [0, 0.1) is 12.7 Å². The molecular formula is C21H16FN5O3S. The molecule has 0 unspecified atom stereocenters. The molecule has 0 saturated heterocycles. The van der Waals surface area contributed by atoms with Crippen LogP contribution in [-0.2, 0) is 0 Å². The number of halogens is 1. The SMILES string of the molecule is Cc1nnnn1-c1ccc(F)c(NC(=O)c2ccc(-c3ccc4c(c3)OCCO4)s2)c1. The Balaban J connectivity index is 1.37. The lowest BCUT2D eigenvalue weighted by molar-refractivity contribution is 0.103. The van der Waals surface area contributed by atoms with Crippen molar-refractivity contribution >= 4 is 22.9 Å². The summed E-state index contributed by atoms with van der Waals surface area (Å²) < 4.78 is 26.9. The summed E-state index contributed by atoms with van der Waals surface area (Å²) in [4.78, 5) is 14.1. The van der Waals surface area contributed by atoms with Crippen LogP contribution in [0.2, 0.25) is 0 Å². The molecule has 0 aliphatic carbocycles. The Morgan fingerprint density at radius 3 is 2.74 bits per heavy atom. The van der Waals surface area contributed by atoms with Crippen LogP contribution in [0.5, 0.6) is 11.5 Å². The zero-order valence-electron chi connectivity index (χ0n) is 16.3. The van der Waals surface area contributed by atoms with Crippen molar-refractivity contribution in [2.75, 3.05) is 18.5 Å². The molecule has 10 heteroatoms. The van der Waals surface area contributed by atoms with E-state index in [1.807, 2.05) is 24.3 Å². The molecule has 5 rings (SSSR count). The maximum absolute atomic E-state index is 14.3. The summed E-state index contributed by atoms with van der Waals surface area (Å²) in [6.07, 6.45) is 0. The fraction of sp³-hybridized carbons (Fsp3) is 0.143. The van der Waals surface area contributed by atoms with Gasteiger partial charge in [0.25, 0.3) is 5.91 Å². The second-order valence-electron chi connectivity index (χ2n) is 6.78. The third-order valence-electron chi connectivity index (χ3n) is 4.72. The second kappa shape index (κ2) is 7.80. The Morgan fingerprint density at radius 1 is 1.10 bits per heavy atom. The van der Waals surface area contributed by atoms with Gasteiger partial charge in [-0.3, -0.25) is 4.79 Å². The van der Waals surface area contributed by atoms with Crippen molar-refractivity contribution < 1.29 is 18.7 Å². The summed E-state index contributed by atoms with van der Waals surface area (Å²) in [6.45, 7) is 2.76. The minimum absolute atomic E-state index is 0.0479.